The van der Waals surface area contributed by atoms with Crippen molar-refractivity contribution in [3.8, 4) is 0 Å². The second kappa shape index (κ2) is 3.32. The summed E-state index contributed by atoms with van der Waals surface area (Å²) in [6.45, 7) is 2.07. The normalized spacial score (nSPS) is 13.1. The second-order valence-electron chi connectivity index (χ2n) is 2.90. The molecule has 0 aromatic carbocycles. The Hall–Kier alpha value is -1.13. The predicted octanol–water partition coefficient (Wildman–Crippen LogP) is 1.83. The van der Waals surface area contributed by atoms with E-state index in [1.54, 1.807) is 23.7 Å². The number of aromatic amines is 1. The number of rotatable bonds is 2. The minimum atomic E-state index is -0.117. The van der Waals surface area contributed by atoms with E-state index in [0.717, 1.165) is 10.7 Å². The Balaban J connectivity index is 2.28. The van der Waals surface area contributed by atoms with Crippen LogP contribution in [0.25, 0.3) is 0 Å². The standard InChI is InChI=1S/C9H11N3S/c1-6-2-3-7(13-6)8(10)9-11-4-5-12-9/h2-5,8H,10H2,1H3,(H,11,12). The fraction of sp³-hybridized carbons (Fsp3) is 0.222. The first-order chi connectivity index (χ1) is 6.27. The van der Waals surface area contributed by atoms with Gasteiger partial charge in [-0.05, 0) is 19.1 Å². The molecule has 1 atom stereocenters. The van der Waals surface area contributed by atoms with Crippen LogP contribution in [-0.4, -0.2) is 9.97 Å². The van der Waals surface area contributed by atoms with Crippen molar-refractivity contribution in [3.63, 3.8) is 0 Å². The van der Waals surface area contributed by atoms with Gasteiger partial charge in [0.2, 0.25) is 0 Å². The summed E-state index contributed by atoms with van der Waals surface area (Å²) in [6, 6.07) is 4.00. The summed E-state index contributed by atoms with van der Waals surface area (Å²) in [4.78, 5) is 9.56. The molecule has 3 N–H and O–H groups in total. The lowest BCUT2D eigenvalue weighted by Gasteiger charge is -2.04. The molecule has 0 amide bonds. The molecule has 4 heteroatoms. The zero-order valence-electron chi connectivity index (χ0n) is 7.32. The zero-order valence-corrected chi connectivity index (χ0v) is 8.14. The summed E-state index contributed by atoms with van der Waals surface area (Å²) in [7, 11) is 0. The highest BCUT2D eigenvalue weighted by molar-refractivity contribution is 7.12. The Morgan fingerprint density at radius 2 is 2.38 bits per heavy atom. The van der Waals surface area contributed by atoms with Crippen molar-refractivity contribution in [2.75, 3.05) is 0 Å². The fourth-order valence-electron chi connectivity index (χ4n) is 1.20. The molecule has 0 bridgehead atoms. The topological polar surface area (TPSA) is 54.7 Å². The van der Waals surface area contributed by atoms with Crippen LogP contribution in [0.3, 0.4) is 0 Å². The summed E-state index contributed by atoms with van der Waals surface area (Å²) < 4.78 is 0. The van der Waals surface area contributed by atoms with Gasteiger partial charge < -0.3 is 10.7 Å². The molecule has 2 rings (SSSR count). The molecule has 0 fully saturated rings. The summed E-state index contributed by atoms with van der Waals surface area (Å²) in [5.74, 6) is 0.821. The van der Waals surface area contributed by atoms with E-state index in [0.29, 0.717) is 0 Å². The Labute approximate surface area is 80.6 Å². The number of nitrogens with two attached hydrogens (primary N) is 1. The number of aromatic nitrogens is 2. The van der Waals surface area contributed by atoms with Crippen molar-refractivity contribution >= 4 is 11.3 Å². The minimum absolute atomic E-state index is 0.117. The van der Waals surface area contributed by atoms with Crippen LogP contribution >= 0.6 is 11.3 Å². The second-order valence-corrected chi connectivity index (χ2v) is 4.22. The van der Waals surface area contributed by atoms with Gasteiger partial charge in [0.05, 0.1) is 6.04 Å². The Bertz CT molecular complexity index is 377. The molecule has 1 unspecified atom stereocenters. The maximum absolute atomic E-state index is 5.99. The van der Waals surface area contributed by atoms with Crippen molar-refractivity contribution in [2.45, 2.75) is 13.0 Å². The number of hydrogen-bond acceptors (Lipinski definition) is 3. The maximum Gasteiger partial charge on any atom is 0.128 e. The van der Waals surface area contributed by atoms with E-state index >= 15 is 0 Å². The lowest BCUT2D eigenvalue weighted by atomic mass is 10.2. The smallest absolute Gasteiger partial charge is 0.128 e. The van der Waals surface area contributed by atoms with Crippen molar-refractivity contribution in [1.82, 2.24) is 9.97 Å². The average Bonchev–Trinajstić information content (AvgIpc) is 2.72. The van der Waals surface area contributed by atoms with E-state index in [9.17, 15) is 0 Å². The van der Waals surface area contributed by atoms with Crippen LogP contribution in [0.1, 0.15) is 21.6 Å². The Morgan fingerprint density at radius 1 is 1.54 bits per heavy atom. The van der Waals surface area contributed by atoms with Crippen LogP contribution < -0.4 is 5.73 Å². The first-order valence-electron chi connectivity index (χ1n) is 4.08. The Morgan fingerprint density at radius 3 is 2.92 bits per heavy atom. The van der Waals surface area contributed by atoms with Gasteiger partial charge in [-0.15, -0.1) is 11.3 Å². The molecule has 2 heterocycles. The molecule has 3 nitrogen and oxygen atoms in total. The number of thiophene rings is 1. The van der Waals surface area contributed by atoms with Gasteiger partial charge >= 0.3 is 0 Å². The monoisotopic (exact) mass is 193 g/mol. The number of nitrogens with one attached hydrogen (secondary N) is 1. The molecular weight excluding hydrogens is 182 g/mol. The Kier molecular flexibility index (Phi) is 2.16. The van der Waals surface area contributed by atoms with Crippen LogP contribution in [-0.2, 0) is 0 Å². The maximum atomic E-state index is 5.99. The average molecular weight is 193 g/mol. The van der Waals surface area contributed by atoms with Crippen LogP contribution in [0.2, 0.25) is 0 Å². The van der Waals surface area contributed by atoms with Crippen LogP contribution in [0, 0.1) is 6.92 Å². The van der Waals surface area contributed by atoms with Crippen molar-refractivity contribution < 1.29 is 0 Å². The van der Waals surface area contributed by atoms with E-state index in [2.05, 4.69) is 23.0 Å². The van der Waals surface area contributed by atoms with E-state index in [1.807, 2.05) is 6.07 Å². The highest BCUT2D eigenvalue weighted by Crippen LogP contribution is 2.23. The zero-order chi connectivity index (χ0) is 9.26. The van der Waals surface area contributed by atoms with Crippen molar-refractivity contribution in [2.24, 2.45) is 5.73 Å². The van der Waals surface area contributed by atoms with Gasteiger partial charge in [0.15, 0.2) is 0 Å². The molecule has 0 aliphatic rings. The van der Waals surface area contributed by atoms with E-state index in [1.165, 1.54) is 4.88 Å². The van der Waals surface area contributed by atoms with Crippen molar-refractivity contribution in [3.05, 3.63) is 40.1 Å². The summed E-state index contributed by atoms with van der Waals surface area (Å²) in [6.07, 6.45) is 3.51. The van der Waals surface area contributed by atoms with Crippen molar-refractivity contribution in [1.29, 1.82) is 0 Å². The summed E-state index contributed by atoms with van der Waals surface area (Å²) in [5, 5.41) is 0. The van der Waals surface area contributed by atoms with Crippen LogP contribution in [0.5, 0.6) is 0 Å². The molecule has 0 aliphatic heterocycles. The first-order valence-corrected chi connectivity index (χ1v) is 4.90. The van der Waals surface area contributed by atoms with Gasteiger partial charge in [-0.25, -0.2) is 4.98 Å². The van der Waals surface area contributed by atoms with E-state index in [4.69, 9.17) is 5.73 Å². The lowest BCUT2D eigenvalue weighted by molar-refractivity contribution is 0.817. The molecule has 0 saturated heterocycles. The quantitative estimate of drug-likeness (QED) is 0.764. The van der Waals surface area contributed by atoms with Gasteiger partial charge in [0.1, 0.15) is 5.82 Å². The van der Waals surface area contributed by atoms with Gasteiger partial charge in [0.25, 0.3) is 0 Å². The third-order valence-electron chi connectivity index (χ3n) is 1.88. The number of imidazole rings is 1. The van der Waals surface area contributed by atoms with E-state index in [-0.39, 0.29) is 6.04 Å². The number of aryl methyl sites for hydroxylation is 1. The number of nitrogens with zero attached hydrogens (tertiary/aromatic N) is 1. The van der Waals surface area contributed by atoms with Gasteiger partial charge in [-0.3, -0.25) is 0 Å². The van der Waals surface area contributed by atoms with Gasteiger partial charge in [0, 0.05) is 22.1 Å². The molecule has 68 valence electrons. The SMILES string of the molecule is Cc1ccc(C(N)c2ncc[nH]2)s1. The van der Waals surface area contributed by atoms with Crippen LogP contribution in [0.15, 0.2) is 24.5 Å². The third-order valence-corrected chi connectivity index (χ3v) is 2.97. The predicted molar refractivity (Wildman–Crippen MR) is 53.7 cm³/mol. The van der Waals surface area contributed by atoms with Gasteiger partial charge in [-0.2, -0.15) is 0 Å². The summed E-state index contributed by atoms with van der Waals surface area (Å²) >= 11 is 1.71. The number of hydrogen-bond donors (Lipinski definition) is 2. The fourth-order valence-corrected chi connectivity index (χ4v) is 2.09. The highest BCUT2D eigenvalue weighted by Gasteiger charge is 2.12. The molecule has 13 heavy (non-hydrogen) atoms. The molecule has 2 aromatic heterocycles. The lowest BCUT2D eigenvalue weighted by Crippen LogP contribution is -2.11. The molecule has 0 radical (unpaired) electrons. The highest BCUT2D eigenvalue weighted by atomic mass is 32.1. The van der Waals surface area contributed by atoms with Crippen LogP contribution in [0.4, 0.5) is 0 Å². The molecule has 0 aliphatic carbocycles. The largest absolute Gasteiger partial charge is 0.347 e. The first kappa shape index (κ1) is 8.47. The molecular formula is C9H11N3S. The molecule has 0 spiro atoms. The summed E-state index contributed by atoms with van der Waals surface area (Å²) in [5.41, 5.74) is 5.99. The third kappa shape index (κ3) is 1.64. The minimum Gasteiger partial charge on any atom is -0.347 e. The molecule has 2 aromatic rings. The number of H-pyrrole nitrogens is 1. The molecule has 0 saturated carbocycles. The van der Waals surface area contributed by atoms with E-state index < -0.39 is 0 Å². The van der Waals surface area contributed by atoms with Gasteiger partial charge in [-0.1, -0.05) is 0 Å².